The first-order valence-electron chi connectivity index (χ1n) is 12.1. The van der Waals surface area contributed by atoms with E-state index < -0.39 is 5.97 Å². The molecular weight excluding hydrogens is 460 g/mol. The largest absolute Gasteiger partial charge is 0.491 e. The number of carbonyl (C=O) groups is 1. The van der Waals surface area contributed by atoms with Crippen molar-refractivity contribution in [2.24, 2.45) is 0 Å². The first kappa shape index (κ1) is 24.9. The SMILES string of the molecule is CCCCOCCOc1ccc(-c2ccc3c(c2)C=C(C(=O)O)CCN3Cc2scnc2C)cc1. The maximum atomic E-state index is 11.8. The van der Waals surface area contributed by atoms with E-state index in [0.29, 0.717) is 31.8 Å². The Morgan fingerprint density at radius 1 is 1.11 bits per heavy atom. The summed E-state index contributed by atoms with van der Waals surface area (Å²) in [4.78, 5) is 19.7. The third kappa shape index (κ3) is 6.50. The summed E-state index contributed by atoms with van der Waals surface area (Å²) in [6.07, 6.45) is 4.51. The van der Waals surface area contributed by atoms with Gasteiger partial charge in [0.1, 0.15) is 12.4 Å². The monoisotopic (exact) mass is 492 g/mol. The minimum atomic E-state index is -0.864. The van der Waals surface area contributed by atoms with E-state index in [2.05, 4.69) is 35.0 Å². The third-order valence-electron chi connectivity index (χ3n) is 6.13. The number of nitrogens with zero attached hydrogens (tertiary/aromatic N) is 2. The van der Waals surface area contributed by atoms with Crippen molar-refractivity contribution in [3.05, 3.63) is 69.7 Å². The van der Waals surface area contributed by atoms with Crippen molar-refractivity contribution in [3.8, 4) is 16.9 Å². The van der Waals surface area contributed by atoms with Crippen LogP contribution in [0.1, 0.15) is 42.3 Å². The molecule has 0 fully saturated rings. The zero-order chi connectivity index (χ0) is 24.6. The summed E-state index contributed by atoms with van der Waals surface area (Å²) in [7, 11) is 0. The van der Waals surface area contributed by atoms with E-state index in [1.807, 2.05) is 42.8 Å². The number of benzene rings is 2. The van der Waals surface area contributed by atoms with Gasteiger partial charge in [-0.15, -0.1) is 11.3 Å². The van der Waals surface area contributed by atoms with E-state index in [0.717, 1.165) is 59.8 Å². The summed E-state index contributed by atoms with van der Waals surface area (Å²) in [5.74, 6) is -0.0564. The molecule has 35 heavy (non-hydrogen) atoms. The van der Waals surface area contributed by atoms with Crippen LogP contribution in [0.2, 0.25) is 0 Å². The Bertz CT molecular complexity index is 1170. The van der Waals surface area contributed by atoms with Crippen LogP contribution in [-0.4, -0.2) is 42.4 Å². The van der Waals surface area contributed by atoms with Crippen LogP contribution in [-0.2, 0) is 16.1 Å². The van der Waals surface area contributed by atoms with E-state index in [1.54, 1.807) is 11.3 Å². The Hall–Kier alpha value is -3.16. The summed E-state index contributed by atoms with van der Waals surface area (Å²) in [6.45, 7) is 7.42. The van der Waals surface area contributed by atoms with Gasteiger partial charge in [-0.1, -0.05) is 31.5 Å². The van der Waals surface area contributed by atoms with Crippen LogP contribution in [0.25, 0.3) is 17.2 Å². The van der Waals surface area contributed by atoms with Gasteiger partial charge >= 0.3 is 5.97 Å². The predicted octanol–water partition coefficient (Wildman–Crippen LogP) is 6.19. The highest BCUT2D eigenvalue weighted by molar-refractivity contribution is 7.09. The topological polar surface area (TPSA) is 71.9 Å². The predicted molar refractivity (Wildman–Crippen MR) is 141 cm³/mol. The van der Waals surface area contributed by atoms with E-state index >= 15 is 0 Å². The molecule has 7 heteroatoms. The average molecular weight is 493 g/mol. The second-order valence-electron chi connectivity index (χ2n) is 8.62. The number of aliphatic carboxylic acids is 1. The number of fused-ring (bicyclic) bond motifs is 1. The first-order chi connectivity index (χ1) is 17.0. The molecule has 1 aliphatic heterocycles. The van der Waals surface area contributed by atoms with Crippen molar-refractivity contribution in [1.82, 2.24) is 4.98 Å². The van der Waals surface area contributed by atoms with Gasteiger partial charge in [0.05, 0.1) is 24.4 Å². The molecule has 0 amide bonds. The molecule has 4 rings (SSSR count). The summed E-state index contributed by atoms with van der Waals surface area (Å²) in [5, 5.41) is 9.71. The van der Waals surface area contributed by atoms with Gasteiger partial charge < -0.3 is 19.5 Å². The standard InChI is InChI=1S/C28H32N2O4S/c1-3-4-13-33-14-15-34-25-8-5-21(6-9-25)22-7-10-26-24(16-22)17-23(28(31)32)11-12-30(26)18-27-20(2)29-19-35-27/h5-10,16-17,19H,3-4,11-15,18H2,1-2H3,(H,31,32). The van der Waals surface area contributed by atoms with Crippen LogP contribution in [0.3, 0.4) is 0 Å². The average Bonchev–Trinajstić information content (AvgIpc) is 3.17. The molecule has 2 aromatic carbocycles. The summed E-state index contributed by atoms with van der Waals surface area (Å²) in [5.41, 5.74) is 7.37. The number of carboxylic acids is 1. The van der Waals surface area contributed by atoms with Gasteiger partial charge in [-0.05, 0) is 66.8 Å². The molecule has 1 aliphatic rings. The van der Waals surface area contributed by atoms with Crippen molar-refractivity contribution in [2.75, 3.05) is 31.3 Å². The van der Waals surface area contributed by atoms with Crippen molar-refractivity contribution in [3.63, 3.8) is 0 Å². The Labute approximate surface area is 210 Å². The smallest absolute Gasteiger partial charge is 0.331 e. The molecule has 0 atom stereocenters. The number of aromatic nitrogens is 1. The summed E-state index contributed by atoms with van der Waals surface area (Å²) >= 11 is 1.64. The molecule has 0 saturated heterocycles. The molecule has 0 radical (unpaired) electrons. The molecule has 3 aromatic rings. The highest BCUT2D eigenvalue weighted by Gasteiger charge is 2.21. The zero-order valence-electron chi connectivity index (χ0n) is 20.3. The zero-order valence-corrected chi connectivity index (χ0v) is 21.1. The van der Waals surface area contributed by atoms with Crippen molar-refractivity contribution in [2.45, 2.75) is 39.7 Å². The molecule has 0 saturated carbocycles. The molecule has 184 valence electrons. The lowest BCUT2D eigenvalue weighted by Gasteiger charge is -2.25. The van der Waals surface area contributed by atoms with E-state index in [9.17, 15) is 9.90 Å². The van der Waals surface area contributed by atoms with E-state index in [4.69, 9.17) is 9.47 Å². The first-order valence-corrected chi connectivity index (χ1v) is 13.0. The minimum absolute atomic E-state index is 0.428. The van der Waals surface area contributed by atoms with Crippen LogP contribution >= 0.6 is 11.3 Å². The maximum Gasteiger partial charge on any atom is 0.331 e. The Kier molecular flexibility index (Phi) is 8.55. The van der Waals surface area contributed by atoms with Crippen LogP contribution in [0, 0.1) is 6.92 Å². The second-order valence-corrected chi connectivity index (χ2v) is 9.56. The Morgan fingerprint density at radius 2 is 1.91 bits per heavy atom. The van der Waals surface area contributed by atoms with Gasteiger partial charge in [0, 0.05) is 29.3 Å². The summed E-state index contributed by atoms with van der Waals surface area (Å²) in [6, 6.07) is 14.3. The molecule has 0 bridgehead atoms. The van der Waals surface area contributed by atoms with Crippen molar-refractivity contribution >= 4 is 29.1 Å². The Morgan fingerprint density at radius 3 is 2.63 bits per heavy atom. The molecule has 1 aromatic heterocycles. The number of hydrogen-bond donors (Lipinski definition) is 1. The van der Waals surface area contributed by atoms with Gasteiger partial charge in [0.25, 0.3) is 0 Å². The Balaban J connectivity index is 1.51. The molecule has 0 aliphatic carbocycles. The highest BCUT2D eigenvalue weighted by Crippen LogP contribution is 2.34. The molecule has 0 spiro atoms. The lowest BCUT2D eigenvalue weighted by Crippen LogP contribution is -2.24. The van der Waals surface area contributed by atoms with Crippen LogP contribution in [0.4, 0.5) is 5.69 Å². The number of aryl methyl sites for hydroxylation is 1. The normalized spacial score (nSPS) is 13.2. The number of hydrogen-bond acceptors (Lipinski definition) is 6. The second kappa shape index (κ2) is 12.0. The number of ether oxygens (including phenoxy) is 2. The molecule has 2 heterocycles. The number of unbranched alkanes of at least 4 members (excludes halogenated alkanes) is 1. The van der Waals surface area contributed by atoms with Gasteiger partial charge in [0.2, 0.25) is 0 Å². The van der Waals surface area contributed by atoms with Crippen molar-refractivity contribution in [1.29, 1.82) is 0 Å². The van der Waals surface area contributed by atoms with E-state index in [-0.39, 0.29) is 0 Å². The number of rotatable bonds is 11. The lowest BCUT2D eigenvalue weighted by molar-refractivity contribution is -0.132. The molecular formula is C28H32N2O4S. The minimum Gasteiger partial charge on any atom is -0.491 e. The fraction of sp³-hybridized carbons (Fsp3) is 0.357. The highest BCUT2D eigenvalue weighted by atomic mass is 32.1. The van der Waals surface area contributed by atoms with Gasteiger partial charge in [-0.25, -0.2) is 9.78 Å². The van der Waals surface area contributed by atoms with Crippen LogP contribution in [0.15, 0.2) is 53.5 Å². The third-order valence-corrected chi connectivity index (χ3v) is 7.05. The maximum absolute atomic E-state index is 11.8. The number of anilines is 1. The number of thiazole rings is 1. The number of carboxylic acid groups (broad SMARTS) is 1. The van der Waals surface area contributed by atoms with Crippen LogP contribution < -0.4 is 9.64 Å². The molecule has 6 nitrogen and oxygen atoms in total. The van der Waals surface area contributed by atoms with Gasteiger partial charge in [-0.2, -0.15) is 0 Å². The quantitative estimate of drug-likeness (QED) is 0.322. The van der Waals surface area contributed by atoms with E-state index in [1.165, 1.54) is 4.88 Å². The van der Waals surface area contributed by atoms with Gasteiger partial charge in [0.15, 0.2) is 0 Å². The van der Waals surface area contributed by atoms with Crippen molar-refractivity contribution < 1.29 is 19.4 Å². The fourth-order valence-corrected chi connectivity index (χ4v) is 4.86. The fourth-order valence-electron chi connectivity index (χ4n) is 4.07. The van der Waals surface area contributed by atoms with Gasteiger partial charge in [-0.3, -0.25) is 0 Å². The molecule has 1 N–H and O–H groups in total. The lowest BCUT2D eigenvalue weighted by atomic mass is 10.00. The summed E-state index contributed by atoms with van der Waals surface area (Å²) < 4.78 is 11.3. The molecule has 0 unspecified atom stereocenters. The van der Waals surface area contributed by atoms with Crippen LogP contribution in [0.5, 0.6) is 5.75 Å².